The first-order chi connectivity index (χ1) is 29.0. The minimum Gasteiger partial charge on any atom is -0.462 e. The zero-order valence-corrected chi connectivity index (χ0v) is 38.5. The molecule has 1 atom stereocenters. The summed E-state index contributed by atoms with van der Waals surface area (Å²) in [6.45, 7) is 6.40. The Morgan fingerprint density at radius 2 is 0.661 bits per heavy atom. The molecule has 0 bridgehead atoms. The van der Waals surface area contributed by atoms with Crippen LogP contribution in [-0.2, 0) is 28.6 Å². The Kier molecular flexibility index (Phi) is 45.0. The number of hydrogen-bond donors (Lipinski definition) is 0. The first-order valence-corrected chi connectivity index (χ1v) is 24.4. The summed E-state index contributed by atoms with van der Waals surface area (Å²) >= 11 is 0. The Morgan fingerprint density at radius 3 is 1.07 bits per heavy atom. The highest BCUT2D eigenvalue weighted by Crippen LogP contribution is 2.13. The molecule has 0 spiro atoms. The zero-order chi connectivity index (χ0) is 43.0. The van der Waals surface area contributed by atoms with Gasteiger partial charge < -0.3 is 14.2 Å². The van der Waals surface area contributed by atoms with Gasteiger partial charge in [0.05, 0.1) is 0 Å². The standard InChI is InChI=1S/C53H90O6/c1-4-7-10-13-15-17-19-21-22-23-24-25-26-27-28-29-30-32-33-35-37-40-43-46-52(55)58-49-50(48-57-51(54)45-42-39-12-9-6-3)59-53(56)47-44-41-38-36-34-31-20-18-16-14-11-8-5-2/h7,10,15,17-18,20-22,24-25,27-28,50H,4-6,8-9,11-14,16,19,23,26,29-49H2,1-3H3/b10-7-,17-15-,20-18-,22-21-,25-24-,28-27-. The maximum atomic E-state index is 12.7. The minimum absolute atomic E-state index is 0.0833. The van der Waals surface area contributed by atoms with E-state index < -0.39 is 6.10 Å². The SMILES string of the molecule is CC/C=C\C/C=C\C/C=C\C/C=C\C/C=C\CCCCCCCCCC(=O)OCC(COC(=O)CCCCCCC)OC(=O)CCCCCCC/C=C\CCCCCC. The summed E-state index contributed by atoms with van der Waals surface area (Å²) < 4.78 is 16.6. The van der Waals surface area contributed by atoms with Crippen molar-refractivity contribution in [3.8, 4) is 0 Å². The molecule has 0 radical (unpaired) electrons. The van der Waals surface area contributed by atoms with Gasteiger partial charge in [0.1, 0.15) is 13.2 Å². The summed E-state index contributed by atoms with van der Waals surface area (Å²) in [5.74, 6) is -0.920. The molecule has 0 saturated heterocycles. The molecule has 0 fully saturated rings. The highest BCUT2D eigenvalue weighted by Gasteiger charge is 2.19. The number of allylic oxidation sites excluding steroid dienone is 12. The summed E-state index contributed by atoms with van der Waals surface area (Å²) in [6.07, 6.45) is 59.2. The van der Waals surface area contributed by atoms with Crippen LogP contribution in [0.15, 0.2) is 72.9 Å². The average molecular weight is 823 g/mol. The van der Waals surface area contributed by atoms with Crippen LogP contribution >= 0.6 is 0 Å². The molecule has 6 nitrogen and oxygen atoms in total. The van der Waals surface area contributed by atoms with Crippen molar-refractivity contribution in [3.05, 3.63) is 72.9 Å². The molecule has 0 heterocycles. The summed E-state index contributed by atoms with van der Waals surface area (Å²) in [6, 6.07) is 0. The molecule has 0 aromatic carbocycles. The van der Waals surface area contributed by atoms with E-state index in [4.69, 9.17) is 14.2 Å². The molecule has 1 unspecified atom stereocenters. The quantitative estimate of drug-likeness (QED) is 0.0264. The first-order valence-electron chi connectivity index (χ1n) is 24.4. The predicted octanol–water partition coefficient (Wildman–Crippen LogP) is 15.9. The molecule has 0 aromatic heterocycles. The van der Waals surface area contributed by atoms with Crippen LogP contribution in [0.4, 0.5) is 0 Å². The Labute approximate surface area is 363 Å². The van der Waals surface area contributed by atoms with Crippen molar-refractivity contribution >= 4 is 17.9 Å². The lowest BCUT2D eigenvalue weighted by Gasteiger charge is -2.18. The summed E-state index contributed by atoms with van der Waals surface area (Å²) in [5, 5.41) is 0. The van der Waals surface area contributed by atoms with Crippen molar-refractivity contribution in [1.82, 2.24) is 0 Å². The summed E-state index contributed by atoms with van der Waals surface area (Å²) in [7, 11) is 0. The maximum Gasteiger partial charge on any atom is 0.306 e. The minimum atomic E-state index is -0.779. The van der Waals surface area contributed by atoms with Gasteiger partial charge in [-0.2, -0.15) is 0 Å². The van der Waals surface area contributed by atoms with E-state index in [1.54, 1.807) is 0 Å². The third-order valence-corrected chi connectivity index (χ3v) is 10.2. The molecule has 6 heteroatoms. The number of hydrogen-bond acceptors (Lipinski definition) is 6. The Morgan fingerprint density at radius 1 is 0.356 bits per heavy atom. The normalized spacial score (nSPS) is 12.7. The van der Waals surface area contributed by atoms with Crippen LogP contribution in [0.1, 0.15) is 226 Å². The van der Waals surface area contributed by atoms with Crippen LogP contribution < -0.4 is 0 Å². The van der Waals surface area contributed by atoms with Crippen molar-refractivity contribution in [1.29, 1.82) is 0 Å². The molecule has 338 valence electrons. The van der Waals surface area contributed by atoms with Gasteiger partial charge in [-0.1, -0.05) is 190 Å². The van der Waals surface area contributed by atoms with Gasteiger partial charge in [-0.25, -0.2) is 0 Å². The van der Waals surface area contributed by atoms with E-state index in [9.17, 15) is 14.4 Å². The van der Waals surface area contributed by atoms with E-state index in [1.165, 1.54) is 70.6 Å². The molecule has 0 aliphatic rings. The molecular formula is C53H90O6. The third kappa shape index (κ3) is 45.8. The fourth-order valence-electron chi connectivity index (χ4n) is 6.52. The number of ether oxygens (including phenoxy) is 3. The average Bonchev–Trinajstić information content (AvgIpc) is 3.23. The van der Waals surface area contributed by atoms with Crippen LogP contribution in [0, 0.1) is 0 Å². The topological polar surface area (TPSA) is 78.9 Å². The Hall–Kier alpha value is -3.15. The lowest BCUT2D eigenvalue weighted by Crippen LogP contribution is -2.30. The van der Waals surface area contributed by atoms with Gasteiger partial charge in [-0.05, 0) is 89.9 Å². The Balaban J connectivity index is 4.18. The number of esters is 3. The van der Waals surface area contributed by atoms with Crippen molar-refractivity contribution < 1.29 is 28.6 Å². The van der Waals surface area contributed by atoms with Crippen molar-refractivity contribution in [2.45, 2.75) is 232 Å². The predicted molar refractivity (Wildman–Crippen MR) is 251 cm³/mol. The van der Waals surface area contributed by atoms with Gasteiger partial charge in [0, 0.05) is 19.3 Å². The van der Waals surface area contributed by atoms with Crippen LogP contribution in [0.5, 0.6) is 0 Å². The van der Waals surface area contributed by atoms with Gasteiger partial charge in [-0.3, -0.25) is 14.4 Å². The largest absolute Gasteiger partial charge is 0.462 e. The van der Waals surface area contributed by atoms with Gasteiger partial charge in [0.25, 0.3) is 0 Å². The third-order valence-electron chi connectivity index (χ3n) is 10.2. The molecule has 0 N–H and O–H groups in total. The number of unbranched alkanes of at least 4 members (excludes halogenated alkanes) is 20. The number of rotatable bonds is 43. The van der Waals surface area contributed by atoms with Gasteiger partial charge in [0.15, 0.2) is 6.10 Å². The van der Waals surface area contributed by atoms with Gasteiger partial charge >= 0.3 is 17.9 Å². The van der Waals surface area contributed by atoms with Crippen molar-refractivity contribution in [3.63, 3.8) is 0 Å². The molecule has 0 aliphatic heterocycles. The molecule has 0 saturated carbocycles. The molecule has 59 heavy (non-hydrogen) atoms. The summed E-state index contributed by atoms with van der Waals surface area (Å²) in [5.41, 5.74) is 0. The lowest BCUT2D eigenvalue weighted by atomic mass is 10.1. The van der Waals surface area contributed by atoms with E-state index in [-0.39, 0.29) is 31.1 Å². The van der Waals surface area contributed by atoms with E-state index in [0.717, 1.165) is 116 Å². The van der Waals surface area contributed by atoms with Crippen LogP contribution in [0.3, 0.4) is 0 Å². The maximum absolute atomic E-state index is 12.7. The van der Waals surface area contributed by atoms with E-state index >= 15 is 0 Å². The highest BCUT2D eigenvalue weighted by molar-refractivity contribution is 5.71. The fourth-order valence-corrected chi connectivity index (χ4v) is 6.52. The number of carbonyl (C=O) groups is 3. The zero-order valence-electron chi connectivity index (χ0n) is 38.5. The van der Waals surface area contributed by atoms with E-state index in [2.05, 4.69) is 93.7 Å². The van der Waals surface area contributed by atoms with Crippen molar-refractivity contribution in [2.24, 2.45) is 0 Å². The summed E-state index contributed by atoms with van der Waals surface area (Å²) in [4.78, 5) is 37.6. The second-order valence-corrected chi connectivity index (χ2v) is 16.0. The highest BCUT2D eigenvalue weighted by atomic mass is 16.6. The second-order valence-electron chi connectivity index (χ2n) is 16.0. The first kappa shape index (κ1) is 55.9. The molecular weight excluding hydrogens is 733 g/mol. The monoisotopic (exact) mass is 823 g/mol. The molecule has 0 aliphatic carbocycles. The Bertz CT molecular complexity index is 1130. The second kappa shape index (κ2) is 47.5. The van der Waals surface area contributed by atoms with Crippen LogP contribution in [0.2, 0.25) is 0 Å². The van der Waals surface area contributed by atoms with E-state index in [0.29, 0.717) is 19.3 Å². The van der Waals surface area contributed by atoms with Gasteiger partial charge in [0.2, 0.25) is 0 Å². The van der Waals surface area contributed by atoms with Crippen LogP contribution in [-0.4, -0.2) is 37.2 Å². The van der Waals surface area contributed by atoms with Crippen LogP contribution in [0.25, 0.3) is 0 Å². The fraction of sp³-hybridized carbons (Fsp3) is 0.717. The molecule has 0 aromatic rings. The van der Waals surface area contributed by atoms with E-state index in [1.807, 2.05) is 0 Å². The van der Waals surface area contributed by atoms with Gasteiger partial charge in [-0.15, -0.1) is 0 Å². The molecule has 0 rings (SSSR count). The molecule has 0 amide bonds. The lowest BCUT2D eigenvalue weighted by molar-refractivity contribution is -0.167. The van der Waals surface area contributed by atoms with Crippen molar-refractivity contribution in [2.75, 3.05) is 13.2 Å². The smallest absolute Gasteiger partial charge is 0.306 e. The number of carbonyl (C=O) groups excluding carboxylic acids is 3.